The van der Waals surface area contributed by atoms with Crippen LogP contribution in [-0.2, 0) is 0 Å². The van der Waals surface area contributed by atoms with Gasteiger partial charge in [-0.1, -0.05) is 13.8 Å². The maximum atomic E-state index is 9.63. The second-order valence-corrected chi connectivity index (χ2v) is 3.82. The smallest absolute Gasteiger partial charge is 0.0592 e. The summed E-state index contributed by atoms with van der Waals surface area (Å²) in [7, 11) is 0. The number of aliphatic hydroxyl groups excluding tert-OH is 1. The average Bonchev–Trinajstić information content (AvgIpc) is 2.09. The second kappa shape index (κ2) is 4.83. The number of rotatable bonds is 3. The number of hydrogen-bond acceptors (Lipinski definition) is 2. The third kappa shape index (κ3) is 2.46. The van der Waals surface area contributed by atoms with Crippen molar-refractivity contribution < 1.29 is 5.11 Å². The van der Waals surface area contributed by atoms with E-state index < -0.39 is 0 Å². The Labute approximate surface area is 75.6 Å². The molecular formula is C10H21NO. The third-order valence-electron chi connectivity index (χ3n) is 2.84. The third-order valence-corrected chi connectivity index (χ3v) is 2.84. The van der Waals surface area contributed by atoms with E-state index in [1.807, 2.05) is 0 Å². The van der Waals surface area contributed by atoms with Crippen molar-refractivity contribution in [2.75, 3.05) is 19.6 Å². The molecular weight excluding hydrogens is 150 g/mol. The fourth-order valence-corrected chi connectivity index (χ4v) is 2.02. The SMILES string of the molecule is CCCN1CCC(O)C(CC)C1. The fourth-order valence-electron chi connectivity index (χ4n) is 2.02. The molecule has 1 aliphatic rings. The second-order valence-electron chi connectivity index (χ2n) is 3.82. The fraction of sp³-hybridized carbons (Fsp3) is 1.00. The van der Waals surface area contributed by atoms with E-state index in [1.54, 1.807) is 0 Å². The lowest BCUT2D eigenvalue weighted by atomic mass is 9.92. The summed E-state index contributed by atoms with van der Waals surface area (Å²) in [6.07, 6.45) is 3.27. The predicted molar refractivity (Wildman–Crippen MR) is 51.1 cm³/mol. The molecule has 1 saturated heterocycles. The van der Waals surface area contributed by atoms with Gasteiger partial charge in [0.15, 0.2) is 0 Å². The average molecular weight is 171 g/mol. The summed E-state index contributed by atoms with van der Waals surface area (Å²) >= 11 is 0. The summed E-state index contributed by atoms with van der Waals surface area (Å²) in [5, 5.41) is 9.63. The zero-order chi connectivity index (χ0) is 8.97. The molecule has 1 aliphatic heterocycles. The van der Waals surface area contributed by atoms with Crippen LogP contribution < -0.4 is 0 Å². The van der Waals surface area contributed by atoms with Crippen LogP contribution in [0.2, 0.25) is 0 Å². The maximum absolute atomic E-state index is 9.63. The summed E-state index contributed by atoms with van der Waals surface area (Å²) in [5.41, 5.74) is 0. The van der Waals surface area contributed by atoms with E-state index in [-0.39, 0.29) is 6.10 Å². The van der Waals surface area contributed by atoms with Crippen LogP contribution in [0.5, 0.6) is 0 Å². The van der Waals surface area contributed by atoms with Gasteiger partial charge in [-0.15, -0.1) is 0 Å². The van der Waals surface area contributed by atoms with Gasteiger partial charge in [0.2, 0.25) is 0 Å². The lowest BCUT2D eigenvalue weighted by molar-refractivity contribution is 0.0253. The Kier molecular flexibility index (Phi) is 4.02. The number of hydrogen-bond donors (Lipinski definition) is 1. The van der Waals surface area contributed by atoms with Crippen LogP contribution in [-0.4, -0.2) is 35.7 Å². The highest BCUT2D eigenvalue weighted by Crippen LogP contribution is 2.19. The molecule has 1 fully saturated rings. The molecule has 2 nitrogen and oxygen atoms in total. The zero-order valence-electron chi connectivity index (χ0n) is 8.29. The van der Waals surface area contributed by atoms with Crippen molar-refractivity contribution >= 4 is 0 Å². The van der Waals surface area contributed by atoms with Crippen molar-refractivity contribution in [1.82, 2.24) is 4.90 Å². The maximum Gasteiger partial charge on any atom is 0.0592 e. The van der Waals surface area contributed by atoms with E-state index in [0.29, 0.717) is 5.92 Å². The number of piperidine rings is 1. The standard InChI is InChI=1S/C10H21NO/c1-3-6-11-7-5-10(12)9(4-2)8-11/h9-10,12H,3-8H2,1-2H3. The molecule has 1 rings (SSSR count). The largest absolute Gasteiger partial charge is 0.393 e. The summed E-state index contributed by atoms with van der Waals surface area (Å²) in [6.45, 7) is 7.77. The molecule has 0 saturated carbocycles. The van der Waals surface area contributed by atoms with Crippen molar-refractivity contribution in [2.24, 2.45) is 5.92 Å². The Balaban J connectivity index is 2.33. The molecule has 12 heavy (non-hydrogen) atoms. The Morgan fingerprint density at radius 2 is 2.17 bits per heavy atom. The van der Waals surface area contributed by atoms with Crippen LogP contribution >= 0.6 is 0 Å². The predicted octanol–water partition coefficient (Wildman–Crippen LogP) is 1.49. The first-order valence-corrected chi connectivity index (χ1v) is 5.18. The topological polar surface area (TPSA) is 23.5 Å². The lowest BCUT2D eigenvalue weighted by Crippen LogP contribution is -2.43. The van der Waals surface area contributed by atoms with Gasteiger partial charge in [-0.3, -0.25) is 0 Å². The molecule has 0 aromatic carbocycles. The van der Waals surface area contributed by atoms with Gasteiger partial charge in [0.25, 0.3) is 0 Å². The van der Waals surface area contributed by atoms with Crippen molar-refractivity contribution in [2.45, 2.75) is 39.2 Å². The van der Waals surface area contributed by atoms with Gasteiger partial charge in [-0.25, -0.2) is 0 Å². The van der Waals surface area contributed by atoms with E-state index >= 15 is 0 Å². The molecule has 0 aromatic rings. The Morgan fingerprint density at radius 1 is 1.42 bits per heavy atom. The van der Waals surface area contributed by atoms with Crippen LogP contribution in [0, 0.1) is 5.92 Å². The molecule has 0 aromatic heterocycles. The van der Waals surface area contributed by atoms with Gasteiger partial charge in [0.05, 0.1) is 6.10 Å². The van der Waals surface area contributed by atoms with E-state index in [0.717, 1.165) is 25.9 Å². The van der Waals surface area contributed by atoms with Gasteiger partial charge >= 0.3 is 0 Å². The molecule has 72 valence electrons. The molecule has 2 atom stereocenters. The summed E-state index contributed by atoms with van der Waals surface area (Å²) in [5.74, 6) is 0.519. The minimum absolute atomic E-state index is 0.0388. The molecule has 0 radical (unpaired) electrons. The highest BCUT2D eigenvalue weighted by molar-refractivity contribution is 4.78. The Bertz CT molecular complexity index is 127. The Hall–Kier alpha value is -0.0800. The van der Waals surface area contributed by atoms with E-state index in [1.165, 1.54) is 13.0 Å². The van der Waals surface area contributed by atoms with Crippen molar-refractivity contribution in [3.05, 3.63) is 0 Å². The number of aliphatic hydroxyl groups is 1. The van der Waals surface area contributed by atoms with Crippen LogP contribution in [0.1, 0.15) is 33.1 Å². The van der Waals surface area contributed by atoms with E-state index in [9.17, 15) is 5.11 Å². The van der Waals surface area contributed by atoms with Crippen LogP contribution in [0.3, 0.4) is 0 Å². The molecule has 0 spiro atoms. The van der Waals surface area contributed by atoms with Gasteiger partial charge < -0.3 is 10.0 Å². The molecule has 0 amide bonds. The summed E-state index contributed by atoms with van der Waals surface area (Å²) in [6, 6.07) is 0. The highest BCUT2D eigenvalue weighted by atomic mass is 16.3. The van der Waals surface area contributed by atoms with Gasteiger partial charge in [-0.05, 0) is 31.7 Å². The van der Waals surface area contributed by atoms with Crippen molar-refractivity contribution in [3.8, 4) is 0 Å². The zero-order valence-corrected chi connectivity index (χ0v) is 8.29. The van der Waals surface area contributed by atoms with Crippen LogP contribution in [0.15, 0.2) is 0 Å². The first-order chi connectivity index (χ1) is 5.77. The molecule has 2 unspecified atom stereocenters. The first-order valence-electron chi connectivity index (χ1n) is 5.18. The molecule has 1 N–H and O–H groups in total. The lowest BCUT2D eigenvalue weighted by Gasteiger charge is -2.35. The highest BCUT2D eigenvalue weighted by Gasteiger charge is 2.25. The molecule has 1 heterocycles. The summed E-state index contributed by atoms with van der Waals surface area (Å²) in [4.78, 5) is 2.47. The van der Waals surface area contributed by atoms with Gasteiger partial charge in [-0.2, -0.15) is 0 Å². The van der Waals surface area contributed by atoms with Crippen molar-refractivity contribution in [1.29, 1.82) is 0 Å². The monoisotopic (exact) mass is 171 g/mol. The van der Waals surface area contributed by atoms with Crippen molar-refractivity contribution in [3.63, 3.8) is 0 Å². The van der Waals surface area contributed by atoms with E-state index in [2.05, 4.69) is 18.7 Å². The Morgan fingerprint density at radius 3 is 2.75 bits per heavy atom. The minimum Gasteiger partial charge on any atom is -0.393 e. The van der Waals surface area contributed by atoms with Gasteiger partial charge in [0, 0.05) is 13.1 Å². The number of likely N-dealkylation sites (tertiary alicyclic amines) is 1. The van der Waals surface area contributed by atoms with Crippen LogP contribution in [0.4, 0.5) is 0 Å². The van der Waals surface area contributed by atoms with E-state index in [4.69, 9.17) is 0 Å². The number of nitrogens with zero attached hydrogens (tertiary/aromatic N) is 1. The molecule has 0 bridgehead atoms. The van der Waals surface area contributed by atoms with Crippen LogP contribution in [0.25, 0.3) is 0 Å². The van der Waals surface area contributed by atoms with Gasteiger partial charge in [0.1, 0.15) is 0 Å². The quantitative estimate of drug-likeness (QED) is 0.695. The minimum atomic E-state index is -0.0388. The first kappa shape index (κ1) is 10.0. The molecule has 0 aliphatic carbocycles. The normalized spacial score (nSPS) is 32.2. The molecule has 2 heteroatoms. The summed E-state index contributed by atoms with van der Waals surface area (Å²) < 4.78 is 0.